The molecule has 146 valence electrons. The van der Waals surface area contributed by atoms with E-state index in [1.807, 2.05) is 16.6 Å². The molecule has 4 rings (SSSR count). The quantitative estimate of drug-likeness (QED) is 0.875. The lowest BCUT2D eigenvalue weighted by Crippen LogP contribution is -2.47. The number of likely N-dealkylation sites (tertiary alicyclic amines) is 1. The molecule has 6 heteroatoms. The Morgan fingerprint density at radius 2 is 2.00 bits per heavy atom. The van der Waals surface area contributed by atoms with Gasteiger partial charge in [0.1, 0.15) is 0 Å². The Morgan fingerprint density at radius 3 is 2.70 bits per heavy atom. The topological polar surface area (TPSA) is 50.2 Å². The van der Waals surface area contributed by atoms with E-state index in [0.29, 0.717) is 11.7 Å². The molecule has 0 radical (unpaired) electrons. The fourth-order valence-electron chi connectivity index (χ4n) is 4.24. The van der Waals surface area contributed by atoms with Gasteiger partial charge in [-0.1, -0.05) is 19.1 Å². The van der Waals surface area contributed by atoms with Gasteiger partial charge in [0.25, 0.3) is 5.91 Å². The maximum Gasteiger partial charge on any atom is 0.274 e. The van der Waals surface area contributed by atoms with Crippen LogP contribution in [-0.2, 0) is 19.3 Å². The number of amides is 1. The van der Waals surface area contributed by atoms with Crippen molar-refractivity contribution in [1.82, 2.24) is 20.0 Å². The van der Waals surface area contributed by atoms with Crippen molar-refractivity contribution in [3.05, 3.63) is 46.8 Å². The fourth-order valence-corrected chi connectivity index (χ4v) is 4.24. The first kappa shape index (κ1) is 19.9. The summed E-state index contributed by atoms with van der Waals surface area (Å²) in [6, 6.07) is 8.95. The van der Waals surface area contributed by atoms with Crippen molar-refractivity contribution in [1.29, 1.82) is 0 Å². The molecule has 1 atom stereocenters. The van der Waals surface area contributed by atoms with Crippen molar-refractivity contribution in [2.75, 3.05) is 20.1 Å². The SMILES string of the molecule is CCc1ccc(-n2nc(C(=O)N3CCCC(NC)C3)c3c2CCC3)cc1.Cl. The van der Waals surface area contributed by atoms with Crippen LogP contribution < -0.4 is 5.32 Å². The zero-order chi connectivity index (χ0) is 18.1. The second kappa shape index (κ2) is 8.44. The van der Waals surface area contributed by atoms with E-state index in [-0.39, 0.29) is 18.3 Å². The number of aryl methyl sites for hydroxylation is 1. The minimum absolute atomic E-state index is 0. The third-order valence-electron chi connectivity index (χ3n) is 5.84. The van der Waals surface area contributed by atoms with Gasteiger partial charge < -0.3 is 10.2 Å². The third kappa shape index (κ3) is 3.76. The van der Waals surface area contributed by atoms with E-state index in [2.05, 4.69) is 36.5 Å². The van der Waals surface area contributed by atoms with E-state index in [1.54, 1.807) is 0 Å². The summed E-state index contributed by atoms with van der Waals surface area (Å²) in [5.74, 6) is 0.104. The highest BCUT2D eigenvalue weighted by molar-refractivity contribution is 5.94. The van der Waals surface area contributed by atoms with Crippen LogP contribution in [0.1, 0.15) is 53.5 Å². The van der Waals surface area contributed by atoms with Gasteiger partial charge in [-0.15, -0.1) is 12.4 Å². The van der Waals surface area contributed by atoms with Crippen molar-refractivity contribution in [3.63, 3.8) is 0 Å². The summed E-state index contributed by atoms with van der Waals surface area (Å²) in [7, 11) is 1.98. The highest BCUT2D eigenvalue weighted by Crippen LogP contribution is 2.29. The highest BCUT2D eigenvalue weighted by atomic mass is 35.5. The number of fused-ring (bicyclic) bond motifs is 1. The number of benzene rings is 1. The van der Waals surface area contributed by atoms with Gasteiger partial charge in [-0.25, -0.2) is 4.68 Å². The fraction of sp³-hybridized carbons (Fsp3) is 0.524. The van der Waals surface area contributed by atoms with Gasteiger partial charge >= 0.3 is 0 Å². The lowest BCUT2D eigenvalue weighted by atomic mass is 10.0. The molecule has 0 saturated carbocycles. The van der Waals surface area contributed by atoms with Crippen molar-refractivity contribution in [3.8, 4) is 5.69 Å². The molecule has 27 heavy (non-hydrogen) atoms. The molecule has 1 aromatic heterocycles. The molecule has 1 aliphatic heterocycles. The van der Waals surface area contributed by atoms with Gasteiger partial charge in [-0.2, -0.15) is 5.10 Å². The minimum atomic E-state index is 0. The normalized spacial score (nSPS) is 18.9. The van der Waals surface area contributed by atoms with E-state index in [1.165, 1.54) is 16.8 Å². The Hall–Kier alpha value is -1.85. The predicted octanol–water partition coefficient (Wildman–Crippen LogP) is 3.17. The van der Waals surface area contributed by atoms with Crippen molar-refractivity contribution in [2.24, 2.45) is 0 Å². The molecule has 2 heterocycles. The van der Waals surface area contributed by atoms with Crippen LogP contribution in [0.25, 0.3) is 5.69 Å². The van der Waals surface area contributed by atoms with Crippen molar-refractivity contribution >= 4 is 18.3 Å². The lowest BCUT2D eigenvalue weighted by Gasteiger charge is -2.32. The number of nitrogens with zero attached hydrogens (tertiary/aromatic N) is 3. The molecule has 2 aromatic rings. The summed E-state index contributed by atoms with van der Waals surface area (Å²) < 4.78 is 2.01. The molecule has 2 aliphatic rings. The molecule has 1 saturated heterocycles. The van der Waals surface area contributed by atoms with Crippen LogP contribution >= 0.6 is 12.4 Å². The first-order chi connectivity index (χ1) is 12.7. The number of hydrogen-bond donors (Lipinski definition) is 1. The van der Waals surface area contributed by atoms with Crippen LogP contribution in [0.5, 0.6) is 0 Å². The first-order valence-corrected chi connectivity index (χ1v) is 9.88. The number of carbonyl (C=O) groups excluding carboxylic acids is 1. The van der Waals surface area contributed by atoms with E-state index in [0.717, 1.165) is 57.3 Å². The van der Waals surface area contributed by atoms with Gasteiger partial charge in [0, 0.05) is 30.4 Å². The minimum Gasteiger partial charge on any atom is -0.336 e. The Bertz CT molecular complexity index is 799. The largest absolute Gasteiger partial charge is 0.336 e. The summed E-state index contributed by atoms with van der Waals surface area (Å²) in [4.78, 5) is 15.2. The number of rotatable bonds is 4. The van der Waals surface area contributed by atoms with Crippen LogP contribution in [0.4, 0.5) is 0 Å². The number of carbonyl (C=O) groups is 1. The number of aromatic nitrogens is 2. The van der Waals surface area contributed by atoms with Crippen LogP contribution in [0.15, 0.2) is 24.3 Å². The molecule has 1 N–H and O–H groups in total. The monoisotopic (exact) mass is 388 g/mol. The van der Waals surface area contributed by atoms with Crippen LogP contribution in [0, 0.1) is 0 Å². The molecule has 1 aliphatic carbocycles. The van der Waals surface area contributed by atoms with Gasteiger partial charge in [-0.3, -0.25) is 4.79 Å². The summed E-state index contributed by atoms with van der Waals surface area (Å²) in [5, 5.41) is 8.10. The summed E-state index contributed by atoms with van der Waals surface area (Å²) in [6.45, 7) is 3.78. The predicted molar refractivity (Wildman–Crippen MR) is 110 cm³/mol. The first-order valence-electron chi connectivity index (χ1n) is 9.88. The molecular formula is C21H29ClN4O. The number of nitrogens with one attached hydrogen (secondary N) is 1. The second-order valence-corrected chi connectivity index (χ2v) is 7.44. The molecule has 1 fully saturated rings. The van der Waals surface area contributed by atoms with Gasteiger partial charge in [0.05, 0.1) is 5.69 Å². The summed E-state index contributed by atoms with van der Waals surface area (Å²) in [6.07, 6.45) is 6.30. The van der Waals surface area contributed by atoms with Crippen LogP contribution in [0.3, 0.4) is 0 Å². The zero-order valence-electron chi connectivity index (χ0n) is 16.2. The van der Waals surface area contributed by atoms with E-state index in [4.69, 9.17) is 5.10 Å². The van der Waals surface area contributed by atoms with E-state index >= 15 is 0 Å². The molecule has 0 spiro atoms. The molecular weight excluding hydrogens is 360 g/mol. The molecule has 1 amide bonds. The maximum atomic E-state index is 13.2. The Kier molecular flexibility index (Phi) is 6.22. The van der Waals surface area contributed by atoms with Crippen LogP contribution in [-0.4, -0.2) is 46.8 Å². The molecule has 5 nitrogen and oxygen atoms in total. The average molecular weight is 389 g/mol. The summed E-state index contributed by atoms with van der Waals surface area (Å²) in [5.41, 5.74) is 5.45. The Labute approximate surface area is 167 Å². The Balaban J connectivity index is 0.00000210. The van der Waals surface area contributed by atoms with Gasteiger partial charge in [0.15, 0.2) is 5.69 Å². The van der Waals surface area contributed by atoms with Crippen molar-refractivity contribution < 1.29 is 4.79 Å². The van der Waals surface area contributed by atoms with Crippen LogP contribution in [0.2, 0.25) is 0 Å². The maximum absolute atomic E-state index is 13.2. The highest BCUT2D eigenvalue weighted by Gasteiger charge is 2.31. The molecule has 0 bridgehead atoms. The number of hydrogen-bond acceptors (Lipinski definition) is 3. The zero-order valence-corrected chi connectivity index (χ0v) is 17.0. The number of likely N-dealkylation sites (N-methyl/N-ethyl adjacent to an activating group) is 1. The lowest BCUT2D eigenvalue weighted by molar-refractivity contribution is 0.0690. The van der Waals surface area contributed by atoms with Gasteiger partial charge in [0.2, 0.25) is 0 Å². The standard InChI is InChI=1S/C21H28N4O.ClH/c1-3-15-9-11-17(12-10-15)25-19-8-4-7-18(19)20(23-25)21(26)24-13-5-6-16(14-24)22-2;/h9-12,16,22H,3-8,13-14H2,1-2H3;1H. The van der Waals surface area contributed by atoms with E-state index < -0.39 is 0 Å². The number of halogens is 1. The number of piperidine rings is 1. The van der Waals surface area contributed by atoms with E-state index in [9.17, 15) is 4.79 Å². The van der Waals surface area contributed by atoms with Gasteiger partial charge in [-0.05, 0) is 63.3 Å². The summed E-state index contributed by atoms with van der Waals surface area (Å²) >= 11 is 0. The molecule has 1 aromatic carbocycles. The Morgan fingerprint density at radius 1 is 1.22 bits per heavy atom. The third-order valence-corrected chi connectivity index (χ3v) is 5.84. The average Bonchev–Trinajstić information content (AvgIpc) is 3.30. The molecule has 1 unspecified atom stereocenters. The second-order valence-electron chi connectivity index (χ2n) is 7.44. The smallest absolute Gasteiger partial charge is 0.274 e. The van der Waals surface area contributed by atoms with Crippen molar-refractivity contribution in [2.45, 2.75) is 51.5 Å².